The second kappa shape index (κ2) is 7.41. The Morgan fingerprint density at radius 2 is 1.83 bits per heavy atom. The van der Waals surface area contributed by atoms with E-state index in [1.54, 1.807) is 19.2 Å². The van der Waals surface area contributed by atoms with Gasteiger partial charge >= 0.3 is 0 Å². The fourth-order valence-corrected chi connectivity index (χ4v) is 2.23. The number of carbonyl (C=O) groups excluding carboxylic acids is 1. The molecule has 1 amide bonds. The van der Waals surface area contributed by atoms with Crippen LogP contribution in [0.3, 0.4) is 0 Å². The van der Waals surface area contributed by atoms with E-state index in [0.717, 1.165) is 5.56 Å². The van der Waals surface area contributed by atoms with Gasteiger partial charge < -0.3 is 14.5 Å². The summed E-state index contributed by atoms with van der Waals surface area (Å²) in [6.07, 6.45) is 0.620. The SMILES string of the molecule is COc1ccccc1NC(=O)CCc1nnc(-c2ccccc2)o1. The summed E-state index contributed by atoms with van der Waals surface area (Å²) in [5, 5.41) is 10.8. The molecule has 122 valence electrons. The van der Waals surface area contributed by atoms with Crippen LogP contribution in [0, 0.1) is 0 Å². The fourth-order valence-electron chi connectivity index (χ4n) is 2.23. The number of aromatic nitrogens is 2. The lowest BCUT2D eigenvalue weighted by molar-refractivity contribution is -0.116. The van der Waals surface area contributed by atoms with Gasteiger partial charge in [-0.15, -0.1) is 10.2 Å². The molecule has 0 fully saturated rings. The number of nitrogens with one attached hydrogen (secondary N) is 1. The van der Waals surface area contributed by atoms with Gasteiger partial charge in [-0.3, -0.25) is 4.79 Å². The van der Waals surface area contributed by atoms with Crippen molar-refractivity contribution in [2.75, 3.05) is 12.4 Å². The fraction of sp³-hybridized carbons (Fsp3) is 0.167. The molecule has 0 aliphatic carbocycles. The summed E-state index contributed by atoms with van der Waals surface area (Å²) in [7, 11) is 1.56. The summed E-state index contributed by atoms with van der Waals surface area (Å²) in [4.78, 5) is 12.1. The summed E-state index contributed by atoms with van der Waals surface area (Å²) in [6.45, 7) is 0. The van der Waals surface area contributed by atoms with E-state index in [1.807, 2.05) is 42.5 Å². The minimum absolute atomic E-state index is 0.140. The standard InChI is InChI=1S/C18H17N3O3/c1-23-15-10-6-5-9-14(15)19-16(22)11-12-17-20-21-18(24-17)13-7-3-2-4-8-13/h2-10H,11-12H2,1H3,(H,19,22). The average Bonchev–Trinajstić information content (AvgIpc) is 3.10. The van der Waals surface area contributed by atoms with Gasteiger partial charge in [0, 0.05) is 18.4 Å². The summed E-state index contributed by atoms with van der Waals surface area (Å²) in [5.41, 5.74) is 1.50. The zero-order chi connectivity index (χ0) is 16.8. The number of amides is 1. The molecule has 0 aliphatic heterocycles. The van der Waals surface area contributed by atoms with Crippen molar-refractivity contribution < 1.29 is 13.9 Å². The van der Waals surface area contributed by atoms with Crippen LogP contribution in [0.5, 0.6) is 5.75 Å². The highest BCUT2D eigenvalue weighted by Gasteiger charge is 2.11. The third kappa shape index (κ3) is 3.78. The molecule has 0 saturated carbocycles. The number of carbonyl (C=O) groups is 1. The molecule has 3 rings (SSSR count). The average molecular weight is 323 g/mol. The van der Waals surface area contributed by atoms with E-state index in [4.69, 9.17) is 9.15 Å². The lowest BCUT2D eigenvalue weighted by Crippen LogP contribution is -2.13. The Morgan fingerprint density at radius 1 is 1.08 bits per heavy atom. The number of methoxy groups -OCH3 is 1. The Bertz CT molecular complexity index is 815. The molecule has 0 bridgehead atoms. The van der Waals surface area contributed by atoms with Gasteiger partial charge in [0.1, 0.15) is 5.75 Å². The third-order valence-electron chi connectivity index (χ3n) is 3.43. The van der Waals surface area contributed by atoms with Crippen LogP contribution in [0.2, 0.25) is 0 Å². The van der Waals surface area contributed by atoms with Crippen molar-refractivity contribution in [3.8, 4) is 17.2 Å². The number of aryl methyl sites for hydroxylation is 1. The van der Waals surface area contributed by atoms with Crippen LogP contribution in [0.1, 0.15) is 12.3 Å². The number of rotatable bonds is 6. The highest BCUT2D eigenvalue weighted by molar-refractivity contribution is 5.92. The zero-order valence-electron chi connectivity index (χ0n) is 13.2. The second-order valence-corrected chi connectivity index (χ2v) is 5.12. The lowest BCUT2D eigenvalue weighted by atomic mass is 10.2. The lowest BCUT2D eigenvalue weighted by Gasteiger charge is -2.09. The minimum Gasteiger partial charge on any atom is -0.495 e. The summed E-state index contributed by atoms with van der Waals surface area (Å²) in [5.74, 6) is 1.37. The smallest absolute Gasteiger partial charge is 0.247 e. The van der Waals surface area contributed by atoms with E-state index >= 15 is 0 Å². The molecule has 1 aromatic heterocycles. The van der Waals surface area contributed by atoms with E-state index in [0.29, 0.717) is 29.6 Å². The Morgan fingerprint density at radius 3 is 2.62 bits per heavy atom. The molecule has 1 heterocycles. The van der Waals surface area contributed by atoms with E-state index in [1.165, 1.54) is 0 Å². The number of ether oxygens (including phenoxy) is 1. The molecule has 0 aliphatic rings. The van der Waals surface area contributed by atoms with Gasteiger partial charge in [0.2, 0.25) is 17.7 Å². The van der Waals surface area contributed by atoms with Crippen LogP contribution in [0.4, 0.5) is 5.69 Å². The van der Waals surface area contributed by atoms with Gasteiger partial charge in [-0.2, -0.15) is 0 Å². The molecule has 3 aromatic rings. The number of hydrogen-bond donors (Lipinski definition) is 1. The van der Waals surface area contributed by atoms with Crippen molar-refractivity contribution in [1.82, 2.24) is 10.2 Å². The number of benzene rings is 2. The van der Waals surface area contributed by atoms with Crippen molar-refractivity contribution >= 4 is 11.6 Å². The summed E-state index contributed by atoms with van der Waals surface area (Å²) >= 11 is 0. The molecule has 0 spiro atoms. The molecular formula is C18H17N3O3. The molecule has 0 unspecified atom stereocenters. The van der Waals surface area contributed by atoms with Crippen LogP contribution in [0.15, 0.2) is 59.0 Å². The van der Waals surface area contributed by atoms with Crippen LogP contribution in [-0.2, 0) is 11.2 Å². The Kier molecular flexibility index (Phi) is 4.86. The van der Waals surface area contributed by atoms with Crippen molar-refractivity contribution in [1.29, 1.82) is 0 Å². The van der Waals surface area contributed by atoms with Gasteiger partial charge in [0.15, 0.2) is 0 Å². The zero-order valence-corrected chi connectivity index (χ0v) is 13.2. The topological polar surface area (TPSA) is 77.2 Å². The maximum Gasteiger partial charge on any atom is 0.247 e. The molecule has 0 atom stereocenters. The Labute approximate surface area is 139 Å². The molecule has 6 heteroatoms. The van der Waals surface area contributed by atoms with Gasteiger partial charge in [0.25, 0.3) is 0 Å². The van der Waals surface area contributed by atoms with Crippen LogP contribution in [-0.4, -0.2) is 23.2 Å². The summed E-state index contributed by atoms with van der Waals surface area (Å²) in [6, 6.07) is 16.8. The van der Waals surface area contributed by atoms with Crippen molar-refractivity contribution in [2.24, 2.45) is 0 Å². The first kappa shape index (κ1) is 15.7. The van der Waals surface area contributed by atoms with Crippen LogP contribution >= 0.6 is 0 Å². The largest absolute Gasteiger partial charge is 0.495 e. The molecular weight excluding hydrogens is 306 g/mol. The molecule has 24 heavy (non-hydrogen) atoms. The van der Waals surface area contributed by atoms with Crippen molar-refractivity contribution in [3.05, 3.63) is 60.5 Å². The van der Waals surface area contributed by atoms with Gasteiger partial charge in [-0.05, 0) is 24.3 Å². The maximum atomic E-state index is 12.1. The maximum absolute atomic E-state index is 12.1. The number of nitrogens with zero attached hydrogens (tertiary/aromatic N) is 2. The first-order valence-electron chi connectivity index (χ1n) is 7.57. The Balaban J connectivity index is 1.58. The molecule has 6 nitrogen and oxygen atoms in total. The highest BCUT2D eigenvalue weighted by atomic mass is 16.5. The van der Waals surface area contributed by atoms with Crippen molar-refractivity contribution in [2.45, 2.75) is 12.8 Å². The Hall–Kier alpha value is -3.15. The van der Waals surface area contributed by atoms with Crippen molar-refractivity contribution in [3.63, 3.8) is 0 Å². The number of hydrogen-bond acceptors (Lipinski definition) is 5. The van der Waals surface area contributed by atoms with Gasteiger partial charge in [-0.25, -0.2) is 0 Å². The third-order valence-corrected chi connectivity index (χ3v) is 3.43. The van der Waals surface area contributed by atoms with Gasteiger partial charge in [-0.1, -0.05) is 30.3 Å². The van der Waals surface area contributed by atoms with E-state index < -0.39 is 0 Å². The first-order valence-corrected chi connectivity index (χ1v) is 7.57. The molecule has 0 saturated heterocycles. The predicted molar refractivity (Wildman–Crippen MR) is 89.7 cm³/mol. The van der Waals surface area contributed by atoms with Crippen LogP contribution in [0.25, 0.3) is 11.5 Å². The predicted octanol–water partition coefficient (Wildman–Crippen LogP) is 3.32. The normalized spacial score (nSPS) is 10.4. The quantitative estimate of drug-likeness (QED) is 0.753. The highest BCUT2D eigenvalue weighted by Crippen LogP contribution is 2.23. The number of para-hydroxylation sites is 2. The van der Waals surface area contributed by atoms with Gasteiger partial charge in [0.05, 0.1) is 12.8 Å². The van der Waals surface area contributed by atoms with E-state index in [2.05, 4.69) is 15.5 Å². The first-order chi connectivity index (χ1) is 11.8. The molecule has 0 radical (unpaired) electrons. The van der Waals surface area contributed by atoms with E-state index in [-0.39, 0.29) is 12.3 Å². The number of anilines is 1. The molecule has 2 aromatic carbocycles. The second-order valence-electron chi connectivity index (χ2n) is 5.12. The van der Waals surface area contributed by atoms with Crippen LogP contribution < -0.4 is 10.1 Å². The van der Waals surface area contributed by atoms with E-state index in [9.17, 15) is 4.79 Å². The monoisotopic (exact) mass is 323 g/mol. The summed E-state index contributed by atoms with van der Waals surface area (Å²) < 4.78 is 10.8. The molecule has 1 N–H and O–H groups in total. The minimum atomic E-state index is -0.140.